The van der Waals surface area contributed by atoms with E-state index in [1.54, 1.807) is 0 Å². The first-order valence-electron chi connectivity index (χ1n) is 6.80. The Hall–Kier alpha value is -1.61. The van der Waals surface area contributed by atoms with Gasteiger partial charge in [0.25, 0.3) is 0 Å². The zero-order valence-corrected chi connectivity index (χ0v) is 10.4. The van der Waals surface area contributed by atoms with E-state index in [0.29, 0.717) is 0 Å². The summed E-state index contributed by atoms with van der Waals surface area (Å²) in [5.41, 5.74) is 5.44. The number of nitrogens with one attached hydrogen (secondary N) is 1. The Morgan fingerprint density at radius 1 is 1.17 bits per heavy atom. The average Bonchev–Trinajstić information content (AvgIpc) is 3.21. The summed E-state index contributed by atoms with van der Waals surface area (Å²) >= 11 is 0. The minimum absolute atomic E-state index is 0.738. The van der Waals surface area contributed by atoms with Crippen LogP contribution in [-0.2, 0) is 13.0 Å². The molecule has 1 aliphatic carbocycles. The van der Waals surface area contributed by atoms with Crippen molar-refractivity contribution < 1.29 is 0 Å². The number of benzene rings is 1. The standard InChI is InChI=1S/C15H17N3/c1-2-4-12(5-3-1)18-14-10-16-9-8-13(14)15(17-18)11-6-7-11/h1-5,11,16H,6-10H2. The molecule has 2 aromatic rings. The van der Waals surface area contributed by atoms with E-state index in [1.807, 2.05) is 0 Å². The molecule has 3 heteroatoms. The van der Waals surface area contributed by atoms with E-state index in [2.05, 4.69) is 40.3 Å². The van der Waals surface area contributed by atoms with Crippen LogP contribution in [0.4, 0.5) is 0 Å². The number of hydrogen-bond acceptors (Lipinski definition) is 2. The third-order valence-electron chi connectivity index (χ3n) is 3.93. The second-order valence-electron chi connectivity index (χ2n) is 5.26. The summed E-state index contributed by atoms with van der Waals surface area (Å²) in [6.45, 7) is 2.04. The molecule has 2 heterocycles. The summed E-state index contributed by atoms with van der Waals surface area (Å²) in [6.07, 6.45) is 3.78. The van der Waals surface area contributed by atoms with E-state index < -0.39 is 0 Å². The predicted octanol–water partition coefficient (Wildman–Crippen LogP) is 2.40. The molecule has 1 N–H and O–H groups in total. The monoisotopic (exact) mass is 239 g/mol. The third kappa shape index (κ3) is 1.58. The van der Waals surface area contributed by atoms with Crippen molar-refractivity contribution in [3.63, 3.8) is 0 Å². The third-order valence-corrected chi connectivity index (χ3v) is 3.93. The average molecular weight is 239 g/mol. The molecule has 2 aliphatic rings. The van der Waals surface area contributed by atoms with E-state index >= 15 is 0 Å². The maximum atomic E-state index is 4.90. The molecular formula is C15H17N3. The van der Waals surface area contributed by atoms with Gasteiger partial charge in [0.05, 0.1) is 17.1 Å². The summed E-state index contributed by atoms with van der Waals surface area (Å²) < 4.78 is 2.15. The van der Waals surface area contributed by atoms with Crippen LogP contribution in [0.15, 0.2) is 30.3 Å². The van der Waals surface area contributed by atoms with Crippen LogP contribution >= 0.6 is 0 Å². The van der Waals surface area contributed by atoms with E-state index in [9.17, 15) is 0 Å². The van der Waals surface area contributed by atoms with Crippen molar-refractivity contribution >= 4 is 0 Å². The molecular weight excluding hydrogens is 222 g/mol. The van der Waals surface area contributed by atoms with Crippen molar-refractivity contribution in [3.8, 4) is 5.69 Å². The van der Waals surface area contributed by atoms with Crippen LogP contribution in [0.1, 0.15) is 35.7 Å². The molecule has 3 nitrogen and oxygen atoms in total. The highest BCUT2D eigenvalue weighted by Crippen LogP contribution is 2.42. The molecule has 1 aromatic carbocycles. The van der Waals surface area contributed by atoms with Gasteiger partial charge in [-0.25, -0.2) is 4.68 Å². The minimum Gasteiger partial charge on any atom is -0.311 e. The molecule has 0 unspecified atom stereocenters. The van der Waals surface area contributed by atoms with Crippen molar-refractivity contribution in [2.24, 2.45) is 0 Å². The van der Waals surface area contributed by atoms with Crippen molar-refractivity contribution in [2.45, 2.75) is 31.7 Å². The highest BCUT2D eigenvalue weighted by atomic mass is 15.3. The Labute approximate surface area is 107 Å². The Balaban J connectivity index is 1.87. The van der Waals surface area contributed by atoms with Crippen LogP contribution in [0.3, 0.4) is 0 Å². The minimum atomic E-state index is 0.738. The van der Waals surface area contributed by atoms with Gasteiger partial charge in [-0.05, 0) is 43.5 Å². The van der Waals surface area contributed by atoms with E-state index in [0.717, 1.165) is 25.4 Å². The second-order valence-corrected chi connectivity index (χ2v) is 5.26. The number of hydrogen-bond donors (Lipinski definition) is 1. The molecule has 1 fully saturated rings. The summed E-state index contributed by atoms with van der Waals surface area (Å²) in [5.74, 6) is 0.738. The van der Waals surface area contributed by atoms with Gasteiger partial charge in [0.2, 0.25) is 0 Å². The van der Waals surface area contributed by atoms with E-state index in [-0.39, 0.29) is 0 Å². The van der Waals surface area contributed by atoms with Gasteiger partial charge in [0.1, 0.15) is 0 Å². The van der Waals surface area contributed by atoms with Crippen molar-refractivity contribution in [1.29, 1.82) is 0 Å². The summed E-state index contributed by atoms with van der Waals surface area (Å²) in [6, 6.07) is 10.5. The summed E-state index contributed by atoms with van der Waals surface area (Å²) in [7, 11) is 0. The Bertz CT molecular complexity index is 567. The van der Waals surface area contributed by atoms with Crippen LogP contribution in [0.5, 0.6) is 0 Å². The van der Waals surface area contributed by atoms with Crippen LogP contribution in [0.25, 0.3) is 5.69 Å². The van der Waals surface area contributed by atoms with Crippen molar-refractivity contribution in [1.82, 2.24) is 15.1 Å². The molecule has 92 valence electrons. The van der Waals surface area contributed by atoms with Gasteiger partial charge >= 0.3 is 0 Å². The summed E-state index contributed by atoms with van der Waals surface area (Å²) in [4.78, 5) is 0. The van der Waals surface area contributed by atoms with Gasteiger partial charge in [-0.2, -0.15) is 5.10 Å². The zero-order valence-electron chi connectivity index (χ0n) is 10.4. The first kappa shape index (κ1) is 10.3. The lowest BCUT2D eigenvalue weighted by Crippen LogP contribution is -2.25. The fourth-order valence-electron chi connectivity index (χ4n) is 2.85. The first-order chi connectivity index (χ1) is 8.93. The molecule has 18 heavy (non-hydrogen) atoms. The highest BCUT2D eigenvalue weighted by molar-refractivity contribution is 5.40. The lowest BCUT2D eigenvalue weighted by Gasteiger charge is -2.15. The molecule has 1 aromatic heterocycles. The van der Waals surface area contributed by atoms with Crippen LogP contribution in [0, 0.1) is 0 Å². The van der Waals surface area contributed by atoms with Gasteiger partial charge in [-0.1, -0.05) is 18.2 Å². The smallest absolute Gasteiger partial charge is 0.0695 e. The Kier molecular flexibility index (Phi) is 2.27. The van der Waals surface area contributed by atoms with Gasteiger partial charge in [0, 0.05) is 12.5 Å². The van der Waals surface area contributed by atoms with Crippen LogP contribution in [0.2, 0.25) is 0 Å². The first-order valence-corrected chi connectivity index (χ1v) is 6.80. The molecule has 4 rings (SSSR count). The fraction of sp³-hybridized carbons (Fsp3) is 0.400. The lowest BCUT2D eigenvalue weighted by molar-refractivity contribution is 0.614. The molecule has 0 radical (unpaired) electrons. The fourth-order valence-corrected chi connectivity index (χ4v) is 2.85. The van der Waals surface area contributed by atoms with Gasteiger partial charge in [-0.15, -0.1) is 0 Å². The number of nitrogens with zero attached hydrogens (tertiary/aromatic N) is 2. The SMILES string of the molecule is c1ccc(-n2nc(C3CC3)c3c2CNCC3)cc1. The van der Waals surface area contributed by atoms with Crippen molar-refractivity contribution in [3.05, 3.63) is 47.3 Å². The van der Waals surface area contributed by atoms with Crippen LogP contribution in [-0.4, -0.2) is 16.3 Å². The number of aromatic nitrogens is 2. The number of para-hydroxylation sites is 1. The maximum absolute atomic E-state index is 4.90. The van der Waals surface area contributed by atoms with E-state index in [1.165, 1.54) is 35.5 Å². The van der Waals surface area contributed by atoms with Crippen LogP contribution < -0.4 is 5.32 Å². The van der Waals surface area contributed by atoms with Gasteiger partial charge in [0.15, 0.2) is 0 Å². The predicted molar refractivity (Wildman–Crippen MR) is 70.9 cm³/mol. The molecule has 0 amide bonds. The maximum Gasteiger partial charge on any atom is 0.0695 e. The molecule has 1 aliphatic heterocycles. The molecule has 0 saturated heterocycles. The molecule has 0 spiro atoms. The highest BCUT2D eigenvalue weighted by Gasteiger charge is 2.32. The second kappa shape index (κ2) is 3.95. The Morgan fingerprint density at radius 3 is 2.78 bits per heavy atom. The molecule has 0 bridgehead atoms. The van der Waals surface area contributed by atoms with Crippen molar-refractivity contribution in [2.75, 3.05) is 6.54 Å². The molecule has 1 saturated carbocycles. The quantitative estimate of drug-likeness (QED) is 0.872. The topological polar surface area (TPSA) is 29.9 Å². The lowest BCUT2D eigenvalue weighted by atomic mass is 10.0. The summed E-state index contributed by atoms with van der Waals surface area (Å²) in [5, 5.41) is 8.36. The largest absolute Gasteiger partial charge is 0.311 e. The Morgan fingerprint density at radius 2 is 2.00 bits per heavy atom. The number of fused-ring (bicyclic) bond motifs is 1. The van der Waals surface area contributed by atoms with E-state index in [4.69, 9.17) is 5.10 Å². The normalized spacial score (nSPS) is 18.7. The zero-order chi connectivity index (χ0) is 11.9. The van der Waals surface area contributed by atoms with Gasteiger partial charge in [-0.3, -0.25) is 0 Å². The van der Waals surface area contributed by atoms with Gasteiger partial charge < -0.3 is 5.32 Å². The molecule has 0 atom stereocenters. The number of rotatable bonds is 2.